The van der Waals surface area contributed by atoms with Crippen molar-refractivity contribution in [1.82, 2.24) is 33.5 Å². The number of hydrogen-bond donors (Lipinski definition) is 0. The number of hydrogen-bond acceptors (Lipinski definition) is 7. The third kappa shape index (κ3) is 3.23. The largest absolute Gasteiger partial charge is 0.385 e. The Morgan fingerprint density at radius 1 is 1.17 bits per heavy atom. The van der Waals surface area contributed by atoms with Gasteiger partial charge in [0.25, 0.3) is 5.56 Å². The first kappa shape index (κ1) is 18.8. The van der Waals surface area contributed by atoms with E-state index in [9.17, 15) is 4.79 Å². The Morgan fingerprint density at radius 2 is 2.07 bits per heavy atom. The molecule has 0 radical (unpaired) electrons. The van der Waals surface area contributed by atoms with Gasteiger partial charge >= 0.3 is 0 Å². The van der Waals surface area contributed by atoms with E-state index in [4.69, 9.17) is 4.74 Å². The Labute approximate surface area is 175 Å². The van der Waals surface area contributed by atoms with Gasteiger partial charge in [0, 0.05) is 44.6 Å². The minimum Gasteiger partial charge on any atom is -0.385 e. The molecule has 152 valence electrons. The van der Waals surface area contributed by atoms with E-state index in [0.29, 0.717) is 47.4 Å². The second kappa shape index (κ2) is 7.88. The van der Waals surface area contributed by atoms with E-state index in [1.165, 1.54) is 11.8 Å². The summed E-state index contributed by atoms with van der Waals surface area (Å²) >= 11 is 1.53. The van der Waals surface area contributed by atoms with Crippen LogP contribution in [0.4, 0.5) is 0 Å². The summed E-state index contributed by atoms with van der Waals surface area (Å²) in [5.41, 5.74) is 1.63. The minimum absolute atomic E-state index is 0.0652. The summed E-state index contributed by atoms with van der Waals surface area (Å²) < 4.78 is 10.7. The van der Waals surface area contributed by atoms with Crippen LogP contribution < -0.4 is 5.56 Å². The maximum absolute atomic E-state index is 13.0. The number of imidazole rings is 1. The number of benzene rings is 1. The molecule has 0 spiro atoms. The highest BCUT2D eigenvalue weighted by molar-refractivity contribution is 7.98. The summed E-state index contributed by atoms with van der Waals surface area (Å²) in [7, 11) is 1.65. The van der Waals surface area contributed by atoms with Crippen LogP contribution in [0.25, 0.3) is 22.5 Å². The Bertz CT molecular complexity index is 1370. The van der Waals surface area contributed by atoms with Gasteiger partial charge in [0.2, 0.25) is 11.6 Å². The summed E-state index contributed by atoms with van der Waals surface area (Å²) in [6.07, 6.45) is 6.31. The average molecular weight is 421 g/mol. The molecule has 0 saturated carbocycles. The summed E-state index contributed by atoms with van der Waals surface area (Å²) in [5.74, 6) is 1.81. The molecule has 0 aliphatic heterocycles. The van der Waals surface area contributed by atoms with Crippen molar-refractivity contribution in [1.29, 1.82) is 0 Å². The first-order valence-electron chi connectivity index (χ1n) is 9.53. The van der Waals surface area contributed by atoms with Gasteiger partial charge in [0.05, 0.1) is 16.6 Å². The second-order valence-electron chi connectivity index (χ2n) is 6.79. The lowest BCUT2D eigenvalue weighted by Gasteiger charge is -2.11. The predicted molar refractivity (Wildman–Crippen MR) is 114 cm³/mol. The van der Waals surface area contributed by atoms with Gasteiger partial charge in [0.15, 0.2) is 5.16 Å². The number of thioether (sulfide) groups is 1. The number of methoxy groups -OCH3 is 1. The molecule has 4 aromatic heterocycles. The van der Waals surface area contributed by atoms with Gasteiger partial charge in [0.1, 0.15) is 0 Å². The molecule has 0 fully saturated rings. The fourth-order valence-corrected chi connectivity index (χ4v) is 4.31. The summed E-state index contributed by atoms with van der Waals surface area (Å²) in [5, 5.41) is 10.1. The van der Waals surface area contributed by atoms with E-state index in [0.717, 1.165) is 11.2 Å². The minimum atomic E-state index is -0.0652. The van der Waals surface area contributed by atoms with Crippen LogP contribution in [-0.2, 0) is 17.0 Å². The number of aromatic nitrogens is 7. The fraction of sp³-hybridized carbons (Fsp3) is 0.250. The maximum atomic E-state index is 13.0. The molecule has 0 saturated heterocycles. The molecule has 9 nitrogen and oxygen atoms in total. The Morgan fingerprint density at radius 3 is 2.93 bits per heavy atom. The van der Waals surface area contributed by atoms with Gasteiger partial charge in [-0.05, 0) is 24.6 Å². The van der Waals surface area contributed by atoms with Crippen LogP contribution in [0.15, 0.2) is 58.9 Å². The highest BCUT2D eigenvalue weighted by Gasteiger charge is 2.17. The van der Waals surface area contributed by atoms with Crippen LogP contribution >= 0.6 is 11.8 Å². The number of aryl methyl sites for hydroxylation is 1. The van der Waals surface area contributed by atoms with Crippen molar-refractivity contribution in [2.45, 2.75) is 23.9 Å². The van der Waals surface area contributed by atoms with Crippen molar-refractivity contribution in [3.63, 3.8) is 0 Å². The lowest BCUT2D eigenvalue weighted by atomic mass is 10.2. The molecule has 5 rings (SSSR count). The molecule has 0 aliphatic rings. The lowest BCUT2D eigenvalue weighted by molar-refractivity contribution is 0.190. The molecule has 10 heteroatoms. The van der Waals surface area contributed by atoms with Gasteiger partial charge in [-0.15, -0.1) is 10.2 Å². The summed E-state index contributed by atoms with van der Waals surface area (Å²) in [6.45, 7) is 1.09. The highest BCUT2D eigenvalue weighted by atomic mass is 32.2. The fourth-order valence-electron chi connectivity index (χ4n) is 3.48. The smallest absolute Gasteiger partial charge is 0.262 e. The zero-order valence-corrected chi connectivity index (χ0v) is 17.1. The number of rotatable bonds is 7. The molecule has 0 atom stereocenters. The average Bonchev–Trinajstić information content (AvgIpc) is 3.38. The van der Waals surface area contributed by atoms with Crippen molar-refractivity contribution in [2.24, 2.45) is 0 Å². The zero-order chi connectivity index (χ0) is 20.5. The van der Waals surface area contributed by atoms with Crippen LogP contribution in [0.1, 0.15) is 12.1 Å². The van der Waals surface area contributed by atoms with Crippen LogP contribution in [0.3, 0.4) is 0 Å². The topological polar surface area (TPSA) is 91.6 Å². The van der Waals surface area contributed by atoms with E-state index in [-0.39, 0.29) is 5.56 Å². The zero-order valence-electron chi connectivity index (χ0n) is 16.3. The Kier molecular flexibility index (Phi) is 4.93. The molecular formula is C20H19N7O2S. The molecule has 5 aromatic rings. The SMILES string of the molecule is COCCCn1c(=O)c2ccccc2n2c(SCc3cn4cccnc4n3)nnc12. The van der Waals surface area contributed by atoms with E-state index in [1.54, 1.807) is 17.9 Å². The summed E-state index contributed by atoms with van der Waals surface area (Å²) in [4.78, 5) is 21.8. The van der Waals surface area contributed by atoms with Gasteiger partial charge < -0.3 is 4.74 Å². The van der Waals surface area contributed by atoms with E-state index >= 15 is 0 Å². The van der Waals surface area contributed by atoms with Gasteiger partial charge in [-0.25, -0.2) is 9.97 Å². The third-order valence-corrected chi connectivity index (χ3v) is 5.81. The number of nitrogens with zero attached hydrogens (tertiary/aromatic N) is 7. The van der Waals surface area contributed by atoms with Crippen molar-refractivity contribution in [3.05, 3.63) is 65.0 Å². The monoisotopic (exact) mass is 421 g/mol. The molecule has 0 bridgehead atoms. The Hall–Kier alpha value is -3.24. The van der Waals surface area contributed by atoms with E-state index in [1.807, 2.05) is 51.5 Å². The van der Waals surface area contributed by atoms with Gasteiger partial charge in [-0.3, -0.25) is 18.2 Å². The van der Waals surface area contributed by atoms with Crippen LogP contribution in [0.2, 0.25) is 0 Å². The number of ether oxygens (including phenoxy) is 1. The van der Waals surface area contributed by atoms with Crippen molar-refractivity contribution >= 4 is 34.2 Å². The van der Waals surface area contributed by atoms with Crippen LogP contribution in [-0.4, -0.2) is 47.3 Å². The molecule has 0 unspecified atom stereocenters. The van der Waals surface area contributed by atoms with Gasteiger partial charge in [-0.1, -0.05) is 23.9 Å². The molecule has 0 N–H and O–H groups in total. The Balaban J connectivity index is 1.56. The molecule has 1 aromatic carbocycles. The molecule has 30 heavy (non-hydrogen) atoms. The van der Waals surface area contributed by atoms with Crippen LogP contribution in [0.5, 0.6) is 0 Å². The lowest BCUT2D eigenvalue weighted by Crippen LogP contribution is -2.24. The van der Waals surface area contributed by atoms with Crippen molar-refractivity contribution in [3.8, 4) is 0 Å². The van der Waals surface area contributed by atoms with Crippen molar-refractivity contribution in [2.75, 3.05) is 13.7 Å². The number of fused-ring (bicyclic) bond motifs is 4. The first-order valence-corrected chi connectivity index (χ1v) is 10.5. The second-order valence-corrected chi connectivity index (χ2v) is 7.73. The molecular weight excluding hydrogens is 402 g/mol. The quantitative estimate of drug-likeness (QED) is 0.294. The van der Waals surface area contributed by atoms with E-state index in [2.05, 4.69) is 20.2 Å². The number of para-hydroxylation sites is 1. The molecule has 0 amide bonds. The normalized spacial score (nSPS) is 11.8. The molecule has 0 aliphatic carbocycles. The maximum Gasteiger partial charge on any atom is 0.262 e. The highest BCUT2D eigenvalue weighted by Crippen LogP contribution is 2.24. The first-order chi connectivity index (χ1) is 14.8. The van der Waals surface area contributed by atoms with E-state index < -0.39 is 0 Å². The standard InChI is InChI=1S/C20H19N7O2S/c1-29-11-5-10-26-17(28)15-6-2-3-7-16(15)27-19(26)23-24-20(27)30-13-14-12-25-9-4-8-21-18(25)22-14/h2-4,6-9,12H,5,10-11,13H2,1H3. The summed E-state index contributed by atoms with van der Waals surface area (Å²) in [6, 6.07) is 9.42. The van der Waals surface area contributed by atoms with Crippen molar-refractivity contribution < 1.29 is 4.74 Å². The predicted octanol–water partition coefficient (Wildman–Crippen LogP) is 2.42. The van der Waals surface area contributed by atoms with Gasteiger partial charge in [-0.2, -0.15) is 0 Å². The third-order valence-electron chi connectivity index (χ3n) is 4.84. The van der Waals surface area contributed by atoms with Crippen LogP contribution in [0, 0.1) is 0 Å². The molecule has 4 heterocycles.